The Morgan fingerprint density at radius 3 is 3.06 bits per heavy atom. The molecule has 0 aromatic carbocycles. The topological polar surface area (TPSA) is 73.1 Å². The summed E-state index contributed by atoms with van der Waals surface area (Å²) in [4.78, 5) is 4.56. The molecule has 18 heavy (non-hydrogen) atoms. The molecule has 0 spiro atoms. The number of nitrogens with two attached hydrogens (primary N) is 1. The van der Waals surface area contributed by atoms with Gasteiger partial charge in [0, 0.05) is 11.8 Å². The van der Waals surface area contributed by atoms with Gasteiger partial charge in [0.15, 0.2) is 9.84 Å². The molecule has 0 saturated carbocycles. The first-order chi connectivity index (χ1) is 8.59. The Morgan fingerprint density at radius 2 is 2.33 bits per heavy atom. The summed E-state index contributed by atoms with van der Waals surface area (Å²) in [5.74, 6) is 0.964. The van der Waals surface area contributed by atoms with E-state index in [1.165, 1.54) is 0 Å². The number of hydrogen-bond acceptors (Lipinski definition) is 5. The van der Waals surface area contributed by atoms with Crippen molar-refractivity contribution in [1.82, 2.24) is 4.98 Å². The van der Waals surface area contributed by atoms with Crippen molar-refractivity contribution in [3.8, 4) is 0 Å². The third-order valence-electron chi connectivity index (χ3n) is 3.26. The lowest BCUT2D eigenvalue weighted by molar-refractivity contribution is 0.482. The van der Waals surface area contributed by atoms with E-state index in [-0.39, 0.29) is 5.92 Å². The van der Waals surface area contributed by atoms with Crippen LogP contribution in [-0.2, 0) is 22.7 Å². The molecular formula is C12H20N2O2S2. The zero-order chi connectivity index (χ0) is 13.0. The van der Waals surface area contributed by atoms with Crippen LogP contribution in [0.2, 0.25) is 0 Å². The molecule has 1 unspecified atom stereocenters. The molecule has 102 valence electrons. The molecule has 2 N–H and O–H groups in total. The van der Waals surface area contributed by atoms with Crippen LogP contribution in [0.1, 0.15) is 30.0 Å². The van der Waals surface area contributed by atoms with E-state index in [1.54, 1.807) is 11.3 Å². The van der Waals surface area contributed by atoms with Gasteiger partial charge in [0.2, 0.25) is 0 Å². The number of aromatic nitrogens is 1. The summed E-state index contributed by atoms with van der Waals surface area (Å²) in [6.45, 7) is 0.688. The Morgan fingerprint density at radius 1 is 1.50 bits per heavy atom. The standard InChI is InChI=1S/C12H20N2O2S2/c13-5-1-4-11-8-17-12(14-11)7-10-3-2-6-18(15,16)9-10/h8,10H,1-7,9,13H2. The molecule has 1 aromatic rings. The maximum Gasteiger partial charge on any atom is 0.150 e. The summed E-state index contributed by atoms with van der Waals surface area (Å²) in [6.07, 6.45) is 4.51. The van der Waals surface area contributed by atoms with Gasteiger partial charge in [0.05, 0.1) is 22.2 Å². The molecule has 4 nitrogen and oxygen atoms in total. The van der Waals surface area contributed by atoms with Gasteiger partial charge < -0.3 is 5.73 Å². The average Bonchev–Trinajstić information content (AvgIpc) is 2.73. The molecule has 6 heteroatoms. The number of aryl methyl sites for hydroxylation is 1. The average molecular weight is 288 g/mol. The molecule has 0 amide bonds. The highest BCUT2D eigenvalue weighted by Gasteiger charge is 2.25. The fraction of sp³-hybridized carbons (Fsp3) is 0.750. The summed E-state index contributed by atoms with van der Waals surface area (Å²) in [7, 11) is -2.80. The molecule has 0 radical (unpaired) electrons. The predicted octanol–water partition coefficient (Wildman–Crippen LogP) is 1.40. The highest BCUT2D eigenvalue weighted by atomic mass is 32.2. The molecular weight excluding hydrogens is 268 g/mol. The maximum atomic E-state index is 11.6. The Balaban J connectivity index is 1.91. The van der Waals surface area contributed by atoms with Crippen LogP contribution in [0.4, 0.5) is 0 Å². The molecule has 1 atom stereocenters. The van der Waals surface area contributed by atoms with Crippen molar-refractivity contribution in [1.29, 1.82) is 0 Å². The van der Waals surface area contributed by atoms with E-state index in [0.29, 0.717) is 18.1 Å². The van der Waals surface area contributed by atoms with Crippen molar-refractivity contribution in [2.45, 2.75) is 32.1 Å². The monoisotopic (exact) mass is 288 g/mol. The smallest absolute Gasteiger partial charge is 0.150 e. The second-order valence-corrected chi connectivity index (χ2v) is 8.12. The molecule has 1 aromatic heterocycles. The minimum atomic E-state index is -2.80. The summed E-state index contributed by atoms with van der Waals surface area (Å²) >= 11 is 1.65. The highest BCUT2D eigenvalue weighted by molar-refractivity contribution is 7.91. The van der Waals surface area contributed by atoms with Gasteiger partial charge in [-0.1, -0.05) is 0 Å². The number of hydrogen-bond donors (Lipinski definition) is 1. The van der Waals surface area contributed by atoms with Crippen molar-refractivity contribution in [2.24, 2.45) is 11.7 Å². The quantitative estimate of drug-likeness (QED) is 0.889. The largest absolute Gasteiger partial charge is 0.330 e. The fourth-order valence-electron chi connectivity index (χ4n) is 2.37. The van der Waals surface area contributed by atoms with Crippen molar-refractivity contribution in [3.05, 3.63) is 16.1 Å². The summed E-state index contributed by atoms with van der Waals surface area (Å²) in [5, 5.41) is 3.15. The predicted molar refractivity (Wildman–Crippen MR) is 74.6 cm³/mol. The Kier molecular flexibility index (Phi) is 4.75. The van der Waals surface area contributed by atoms with Crippen molar-refractivity contribution in [2.75, 3.05) is 18.1 Å². The van der Waals surface area contributed by atoms with Crippen LogP contribution in [0.25, 0.3) is 0 Å². The first-order valence-corrected chi connectivity index (χ1v) is 9.13. The molecule has 1 aliphatic rings. The first-order valence-electron chi connectivity index (χ1n) is 6.43. The third-order valence-corrected chi connectivity index (χ3v) is 6.07. The SMILES string of the molecule is NCCCc1csc(CC2CCCS(=O)(=O)C2)n1. The van der Waals surface area contributed by atoms with Gasteiger partial charge in [-0.25, -0.2) is 13.4 Å². The Hall–Kier alpha value is -0.460. The summed E-state index contributed by atoms with van der Waals surface area (Å²) < 4.78 is 23.1. The molecule has 1 fully saturated rings. The second kappa shape index (κ2) is 6.12. The first kappa shape index (κ1) is 14.0. The third kappa shape index (κ3) is 4.03. The van der Waals surface area contributed by atoms with E-state index < -0.39 is 9.84 Å². The van der Waals surface area contributed by atoms with E-state index in [0.717, 1.165) is 42.8 Å². The zero-order valence-electron chi connectivity index (χ0n) is 10.5. The van der Waals surface area contributed by atoms with Gasteiger partial charge in [0.1, 0.15) is 0 Å². The van der Waals surface area contributed by atoms with Crippen LogP contribution < -0.4 is 5.73 Å². The number of rotatable bonds is 5. The van der Waals surface area contributed by atoms with Gasteiger partial charge in [0.25, 0.3) is 0 Å². The Labute approximate surface area is 113 Å². The molecule has 1 saturated heterocycles. The molecule has 2 heterocycles. The maximum absolute atomic E-state index is 11.6. The van der Waals surface area contributed by atoms with E-state index >= 15 is 0 Å². The molecule has 0 aliphatic carbocycles. The van der Waals surface area contributed by atoms with E-state index in [9.17, 15) is 8.42 Å². The number of sulfone groups is 1. The molecule has 2 rings (SSSR count). The van der Waals surface area contributed by atoms with E-state index in [4.69, 9.17) is 5.73 Å². The van der Waals surface area contributed by atoms with Gasteiger partial charge >= 0.3 is 0 Å². The van der Waals surface area contributed by atoms with Gasteiger partial charge in [-0.05, 0) is 38.1 Å². The van der Waals surface area contributed by atoms with Crippen LogP contribution in [0.3, 0.4) is 0 Å². The lowest BCUT2D eigenvalue weighted by Crippen LogP contribution is -2.26. The fourth-order valence-corrected chi connectivity index (χ4v) is 5.09. The lowest BCUT2D eigenvalue weighted by atomic mass is 10.0. The molecule has 1 aliphatic heterocycles. The van der Waals surface area contributed by atoms with Crippen molar-refractivity contribution >= 4 is 21.2 Å². The van der Waals surface area contributed by atoms with Crippen molar-refractivity contribution < 1.29 is 8.42 Å². The van der Waals surface area contributed by atoms with E-state index in [1.807, 2.05) is 0 Å². The van der Waals surface area contributed by atoms with Gasteiger partial charge in [-0.15, -0.1) is 11.3 Å². The van der Waals surface area contributed by atoms with Gasteiger partial charge in [-0.2, -0.15) is 0 Å². The summed E-state index contributed by atoms with van der Waals surface area (Å²) in [5.41, 5.74) is 6.57. The van der Waals surface area contributed by atoms with Crippen LogP contribution in [0.15, 0.2) is 5.38 Å². The number of nitrogens with zero attached hydrogens (tertiary/aromatic N) is 1. The Bertz CT molecular complexity index is 482. The highest BCUT2D eigenvalue weighted by Crippen LogP contribution is 2.24. The second-order valence-electron chi connectivity index (χ2n) is 4.95. The minimum Gasteiger partial charge on any atom is -0.330 e. The normalized spacial score (nSPS) is 23.1. The van der Waals surface area contributed by atoms with Crippen molar-refractivity contribution in [3.63, 3.8) is 0 Å². The zero-order valence-corrected chi connectivity index (χ0v) is 12.1. The summed E-state index contributed by atoms with van der Waals surface area (Å²) in [6, 6.07) is 0. The van der Waals surface area contributed by atoms with Crippen LogP contribution in [-0.4, -0.2) is 31.5 Å². The van der Waals surface area contributed by atoms with E-state index in [2.05, 4.69) is 10.4 Å². The lowest BCUT2D eigenvalue weighted by Gasteiger charge is -2.20. The van der Waals surface area contributed by atoms with Crippen LogP contribution >= 0.6 is 11.3 Å². The van der Waals surface area contributed by atoms with Gasteiger partial charge in [-0.3, -0.25) is 0 Å². The van der Waals surface area contributed by atoms with Crippen LogP contribution in [0, 0.1) is 5.92 Å². The minimum absolute atomic E-state index is 0.261. The van der Waals surface area contributed by atoms with Crippen LogP contribution in [0.5, 0.6) is 0 Å². The number of thiazole rings is 1. The molecule has 0 bridgehead atoms.